The van der Waals surface area contributed by atoms with Crippen molar-refractivity contribution in [1.82, 2.24) is 4.72 Å². The second-order valence-corrected chi connectivity index (χ2v) is 7.09. The van der Waals surface area contributed by atoms with Gasteiger partial charge in [0.1, 0.15) is 0 Å². The standard InChI is InChI=1S/C11H13ClINO3S/c1-7(2)18(16)14-6-17-11(15)8-3-4-9(12)10(13)5-8/h3-5,7,14H,6H2,1-2H3. The van der Waals surface area contributed by atoms with Gasteiger partial charge in [-0.05, 0) is 54.6 Å². The van der Waals surface area contributed by atoms with Gasteiger partial charge in [0.05, 0.1) is 21.6 Å². The predicted molar refractivity (Wildman–Crippen MR) is 80.9 cm³/mol. The van der Waals surface area contributed by atoms with E-state index in [-0.39, 0.29) is 12.0 Å². The molecule has 0 aliphatic carbocycles. The quantitative estimate of drug-likeness (QED) is 0.469. The third-order valence-electron chi connectivity index (χ3n) is 1.99. The number of hydrogen-bond donors (Lipinski definition) is 1. The fourth-order valence-electron chi connectivity index (χ4n) is 1.03. The summed E-state index contributed by atoms with van der Waals surface area (Å²) in [6, 6.07) is 4.87. The molecule has 0 aliphatic rings. The highest BCUT2D eigenvalue weighted by molar-refractivity contribution is 14.1. The molecular weight excluding hydrogens is 389 g/mol. The van der Waals surface area contributed by atoms with Gasteiger partial charge >= 0.3 is 5.97 Å². The normalized spacial score (nSPS) is 12.5. The molecule has 0 bridgehead atoms. The number of carbonyl (C=O) groups excluding carboxylic acids is 1. The first-order valence-corrected chi connectivity index (χ1v) is 7.85. The Morgan fingerprint density at radius 3 is 2.78 bits per heavy atom. The van der Waals surface area contributed by atoms with Crippen molar-refractivity contribution < 1.29 is 13.7 Å². The van der Waals surface area contributed by atoms with E-state index in [1.165, 1.54) is 0 Å². The Morgan fingerprint density at radius 1 is 1.56 bits per heavy atom. The molecule has 0 amide bonds. The lowest BCUT2D eigenvalue weighted by Crippen LogP contribution is -2.27. The van der Waals surface area contributed by atoms with Gasteiger partial charge < -0.3 is 4.74 Å². The van der Waals surface area contributed by atoms with Gasteiger partial charge in [0, 0.05) is 8.82 Å². The zero-order valence-electron chi connectivity index (χ0n) is 9.91. The van der Waals surface area contributed by atoms with Crippen molar-refractivity contribution in [3.05, 3.63) is 32.4 Å². The molecule has 1 aromatic rings. The number of carbonyl (C=O) groups is 1. The molecule has 1 atom stereocenters. The fraction of sp³-hybridized carbons (Fsp3) is 0.364. The Labute approximate surface area is 127 Å². The van der Waals surface area contributed by atoms with Gasteiger partial charge in [0.25, 0.3) is 0 Å². The lowest BCUT2D eigenvalue weighted by atomic mass is 10.2. The maximum Gasteiger partial charge on any atom is 0.339 e. The number of ether oxygens (including phenoxy) is 1. The van der Waals surface area contributed by atoms with Crippen molar-refractivity contribution in [3.8, 4) is 0 Å². The summed E-state index contributed by atoms with van der Waals surface area (Å²) in [5.41, 5.74) is 0.418. The maximum absolute atomic E-state index is 11.7. The Bertz CT molecular complexity index is 468. The summed E-state index contributed by atoms with van der Waals surface area (Å²) < 4.78 is 19.7. The first kappa shape index (κ1) is 15.9. The molecule has 4 nitrogen and oxygen atoms in total. The predicted octanol–water partition coefficient (Wildman–Crippen LogP) is 2.72. The number of hydrogen-bond acceptors (Lipinski definition) is 3. The van der Waals surface area contributed by atoms with Crippen molar-refractivity contribution in [1.29, 1.82) is 0 Å². The number of halogens is 2. The lowest BCUT2D eigenvalue weighted by molar-refractivity contribution is 0.0500. The molecule has 0 aliphatic heterocycles. The van der Waals surface area contributed by atoms with Crippen LogP contribution >= 0.6 is 34.2 Å². The molecule has 18 heavy (non-hydrogen) atoms. The highest BCUT2D eigenvalue weighted by Gasteiger charge is 2.10. The van der Waals surface area contributed by atoms with Crippen LogP contribution in [0.2, 0.25) is 5.02 Å². The summed E-state index contributed by atoms with van der Waals surface area (Å²) in [5, 5.41) is 0.561. The minimum absolute atomic E-state index is 0.0276. The van der Waals surface area contributed by atoms with Gasteiger partial charge in [0.2, 0.25) is 0 Å². The summed E-state index contributed by atoms with van der Waals surface area (Å²) in [7, 11) is -1.20. The van der Waals surface area contributed by atoms with Crippen molar-refractivity contribution in [3.63, 3.8) is 0 Å². The maximum atomic E-state index is 11.7. The molecule has 1 N–H and O–H groups in total. The van der Waals surface area contributed by atoms with Crippen LogP contribution in [0.5, 0.6) is 0 Å². The van der Waals surface area contributed by atoms with Gasteiger partial charge in [-0.2, -0.15) is 0 Å². The molecule has 1 unspecified atom stereocenters. The molecule has 0 spiro atoms. The SMILES string of the molecule is CC(C)S(=O)NCOC(=O)c1ccc(Cl)c(I)c1. The Hall–Kier alpha value is -0.180. The van der Waals surface area contributed by atoms with Gasteiger partial charge in [-0.25, -0.2) is 13.7 Å². The molecule has 0 heterocycles. The van der Waals surface area contributed by atoms with E-state index in [4.69, 9.17) is 16.3 Å². The van der Waals surface area contributed by atoms with Crippen LogP contribution in [0.1, 0.15) is 24.2 Å². The van der Waals surface area contributed by atoms with Gasteiger partial charge in [0.15, 0.2) is 6.73 Å². The van der Waals surface area contributed by atoms with Crippen LogP contribution < -0.4 is 4.72 Å². The van der Waals surface area contributed by atoms with Crippen LogP contribution in [0, 0.1) is 3.57 Å². The van der Waals surface area contributed by atoms with E-state index in [1.54, 1.807) is 18.2 Å². The van der Waals surface area contributed by atoms with Crippen molar-refractivity contribution in [2.75, 3.05) is 6.73 Å². The van der Waals surface area contributed by atoms with Crippen LogP contribution in [0.25, 0.3) is 0 Å². The average Bonchev–Trinajstić information content (AvgIpc) is 2.32. The van der Waals surface area contributed by atoms with E-state index in [9.17, 15) is 9.00 Å². The third kappa shape index (κ3) is 4.83. The molecular formula is C11H13ClINO3S. The highest BCUT2D eigenvalue weighted by Crippen LogP contribution is 2.19. The Morgan fingerprint density at radius 2 is 2.22 bits per heavy atom. The number of rotatable bonds is 5. The lowest BCUT2D eigenvalue weighted by Gasteiger charge is -2.08. The second-order valence-electron chi connectivity index (χ2n) is 3.70. The molecule has 7 heteroatoms. The molecule has 0 aromatic heterocycles. The van der Waals surface area contributed by atoms with Gasteiger partial charge in [-0.1, -0.05) is 11.6 Å². The summed E-state index contributed by atoms with van der Waals surface area (Å²) >= 11 is 7.89. The largest absolute Gasteiger partial charge is 0.445 e. The van der Waals surface area contributed by atoms with E-state index in [1.807, 2.05) is 36.4 Å². The van der Waals surface area contributed by atoms with Crippen LogP contribution in [-0.2, 0) is 15.7 Å². The van der Waals surface area contributed by atoms with E-state index >= 15 is 0 Å². The second kappa shape index (κ2) is 7.42. The fourth-order valence-corrected chi connectivity index (χ4v) is 2.17. The monoisotopic (exact) mass is 401 g/mol. The molecule has 1 aromatic carbocycles. The highest BCUT2D eigenvalue weighted by atomic mass is 127. The van der Waals surface area contributed by atoms with Crippen molar-refractivity contribution in [2.24, 2.45) is 0 Å². The van der Waals surface area contributed by atoms with Gasteiger partial charge in [-0.3, -0.25) is 0 Å². The number of esters is 1. The van der Waals surface area contributed by atoms with Crippen molar-refractivity contribution in [2.45, 2.75) is 19.1 Å². The molecule has 1 rings (SSSR count). The Kier molecular flexibility index (Phi) is 6.54. The minimum atomic E-state index is -1.20. The molecule has 0 saturated heterocycles. The van der Waals surface area contributed by atoms with E-state index in [2.05, 4.69) is 4.72 Å². The summed E-state index contributed by atoms with van der Waals surface area (Å²) in [6.07, 6.45) is 0. The molecule has 0 saturated carbocycles. The zero-order chi connectivity index (χ0) is 13.7. The summed E-state index contributed by atoms with van der Waals surface area (Å²) in [5.74, 6) is -0.474. The Balaban J connectivity index is 2.50. The molecule has 100 valence electrons. The van der Waals surface area contributed by atoms with Crippen LogP contribution in [-0.4, -0.2) is 22.2 Å². The number of nitrogens with one attached hydrogen (secondary N) is 1. The summed E-state index contributed by atoms with van der Waals surface area (Å²) in [6.45, 7) is 3.54. The van der Waals surface area contributed by atoms with Crippen LogP contribution in [0.4, 0.5) is 0 Å². The zero-order valence-corrected chi connectivity index (χ0v) is 13.6. The minimum Gasteiger partial charge on any atom is -0.445 e. The van der Waals surface area contributed by atoms with Gasteiger partial charge in [-0.15, -0.1) is 0 Å². The van der Waals surface area contributed by atoms with E-state index in [0.717, 1.165) is 3.57 Å². The molecule has 0 fully saturated rings. The average molecular weight is 402 g/mol. The third-order valence-corrected chi connectivity index (χ3v) is 4.79. The first-order valence-electron chi connectivity index (χ1n) is 5.18. The van der Waals surface area contributed by atoms with E-state index in [0.29, 0.717) is 10.6 Å². The molecule has 0 radical (unpaired) electrons. The van der Waals surface area contributed by atoms with Crippen molar-refractivity contribution >= 4 is 51.1 Å². The van der Waals surface area contributed by atoms with E-state index < -0.39 is 17.0 Å². The number of benzene rings is 1. The van der Waals surface area contributed by atoms with Crippen LogP contribution in [0.15, 0.2) is 18.2 Å². The summed E-state index contributed by atoms with van der Waals surface area (Å²) in [4.78, 5) is 11.7. The van der Waals surface area contributed by atoms with Crippen LogP contribution in [0.3, 0.4) is 0 Å². The first-order chi connectivity index (χ1) is 8.41. The smallest absolute Gasteiger partial charge is 0.339 e. The topological polar surface area (TPSA) is 55.4 Å².